The first-order chi connectivity index (χ1) is 18.3. The van der Waals surface area contributed by atoms with Crippen LogP contribution in [-0.4, -0.2) is 42.2 Å². The Bertz CT molecular complexity index is 1460. The maximum Gasteiger partial charge on any atom is 0.407 e. The molecular formula is C28H36N4O5S2. The highest BCUT2D eigenvalue weighted by molar-refractivity contribution is 7.89. The number of amides is 1. The molecule has 4 rings (SSSR count). The number of nitrogens with one attached hydrogen (secondary N) is 3. The number of H-pyrrole nitrogens is 1. The van der Waals surface area contributed by atoms with Gasteiger partial charge < -0.3 is 15.0 Å². The summed E-state index contributed by atoms with van der Waals surface area (Å²) in [7, 11) is -3.87. The van der Waals surface area contributed by atoms with Crippen LogP contribution in [0.15, 0.2) is 52.4 Å². The van der Waals surface area contributed by atoms with Gasteiger partial charge in [0.1, 0.15) is 0 Å². The van der Waals surface area contributed by atoms with Crippen molar-refractivity contribution in [3.05, 3.63) is 58.1 Å². The predicted molar refractivity (Wildman–Crippen MR) is 153 cm³/mol. The van der Waals surface area contributed by atoms with Crippen LogP contribution in [0.3, 0.4) is 0 Å². The number of sulfonamides is 1. The molecule has 2 heterocycles. The maximum absolute atomic E-state index is 13.5. The van der Waals surface area contributed by atoms with Crippen LogP contribution in [0.1, 0.15) is 71.2 Å². The zero-order chi connectivity index (χ0) is 28.4. The fourth-order valence-corrected chi connectivity index (χ4v) is 7.53. The molecule has 2 aromatic heterocycles. The lowest BCUT2D eigenvalue weighted by Crippen LogP contribution is -2.40. The van der Waals surface area contributed by atoms with Gasteiger partial charge in [-0.25, -0.2) is 22.9 Å². The number of ether oxygens (including phenoxy) is 1. The van der Waals surface area contributed by atoms with E-state index in [1.54, 1.807) is 51.4 Å². The van der Waals surface area contributed by atoms with Crippen molar-refractivity contribution in [3.63, 3.8) is 0 Å². The molecule has 3 aromatic rings. The number of nitrogens with zero attached hydrogens (tertiary/aromatic N) is 1. The molecule has 0 bridgehead atoms. The summed E-state index contributed by atoms with van der Waals surface area (Å²) in [5, 5.41) is 3.91. The zero-order valence-corrected chi connectivity index (χ0v) is 24.5. The lowest BCUT2D eigenvalue weighted by molar-refractivity contribution is 0.109. The minimum Gasteiger partial charge on any atom is -0.447 e. The molecule has 0 aliphatic heterocycles. The van der Waals surface area contributed by atoms with Gasteiger partial charge in [0.15, 0.2) is 0 Å². The molecule has 210 valence electrons. The summed E-state index contributed by atoms with van der Waals surface area (Å²) in [6.07, 6.45) is 6.19. The van der Waals surface area contributed by atoms with Crippen molar-refractivity contribution >= 4 is 27.5 Å². The van der Waals surface area contributed by atoms with E-state index in [1.165, 1.54) is 17.4 Å². The first kappa shape index (κ1) is 29.0. The highest BCUT2D eigenvalue weighted by Crippen LogP contribution is 2.40. The second-order valence-corrected chi connectivity index (χ2v) is 13.9. The number of aromatic nitrogens is 2. The third-order valence-electron chi connectivity index (χ3n) is 6.36. The lowest BCUT2D eigenvalue weighted by atomic mass is 9.86. The second-order valence-electron chi connectivity index (χ2n) is 11.2. The highest BCUT2D eigenvalue weighted by Gasteiger charge is 2.29. The Morgan fingerprint density at radius 1 is 1.10 bits per heavy atom. The van der Waals surface area contributed by atoms with Gasteiger partial charge >= 0.3 is 6.09 Å². The van der Waals surface area contributed by atoms with Crippen LogP contribution in [0.2, 0.25) is 0 Å². The van der Waals surface area contributed by atoms with Gasteiger partial charge in [-0.05, 0) is 83.6 Å². The minimum absolute atomic E-state index is 0.0765. The summed E-state index contributed by atoms with van der Waals surface area (Å²) < 4.78 is 35.1. The first-order valence-corrected chi connectivity index (χ1v) is 15.4. The van der Waals surface area contributed by atoms with Crippen molar-refractivity contribution in [2.75, 3.05) is 0 Å². The molecule has 0 radical (unpaired) electrons. The van der Waals surface area contributed by atoms with E-state index in [-0.39, 0.29) is 34.6 Å². The van der Waals surface area contributed by atoms with Gasteiger partial charge in [-0.3, -0.25) is 4.79 Å². The van der Waals surface area contributed by atoms with Gasteiger partial charge in [-0.1, -0.05) is 12.1 Å². The Morgan fingerprint density at radius 3 is 2.41 bits per heavy atom. The van der Waals surface area contributed by atoms with Gasteiger partial charge in [0.25, 0.3) is 0 Å². The van der Waals surface area contributed by atoms with Crippen LogP contribution in [-0.2, 0) is 14.8 Å². The Labute approximate surface area is 233 Å². The van der Waals surface area contributed by atoms with Crippen molar-refractivity contribution in [1.82, 2.24) is 20.0 Å². The van der Waals surface area contributed by atoms with E-state index >= 15 is 0 Å². The molecule has 0 saturated heterocycles. The van der Waals surface area contributed by atoms with Crippen LogP contribution in [0.4, 0.5) is 4.79 Å². The number of alkyl carbamates (subject to hydrolysis) is 1. The maximum atomic E-state index is 13.5. The summed E-state index contributed by atoms with van der Waals surface area (Å²) >= 11 is 1.51. The fourth-order valence-electron chi connectivity index (χ4n) is 4.68. The minimum atomic E-state index is -3.87. The first-order valence-electron chi connectivity index (χ1n) is 13.1. The van der Waals surface area contributed by atoms with Crippen LogP contribution in [0, 0.1) is 0 Å². The number of rotatable bonds is 7. The van der Waals surface area contributed by atoms with E-state index in [0.717, 1.165) is 35.6 Å². The van der Waals surface area contributed by atoms with Gasteiger partial charge in [0.2, 0.25) is 15.6 Å². The topological polar surface area (TPSA) is 130 Å². The van der Waals surface area contributed by atoms with Crippen molar-refractivity contribution in [3.8, 4) is 21.6 Å². The molecule has 0 atom stereocenters. The van der Waals surface area contributed by atoms with Crippen LogP contribution < -0.4 is 15.6 Å². The summed E-state index contributed by atoms with van der Waals surface area (Å²) in [4.78, 5) is 31.7. The standard InChI is InChI=1S/C28H36N4O5S2/c1-17(2)37-27(34)31-21-10-6-18(7-11-21)26-30-16-23(38-26)22-12-8-19(20-9-13-25(33)29-15-20)14-24(22)39(35,36)32-28(3,4)5/h8-9,12-18,21,32H,6-7,10-11H2,1-5H3,(H,29,33)(H,31,34). The molecule has 0 unspecified atom stereocenters. The van der Waals surface area contributed by atoms with Crippen molar-refractivity contribution in [1.29, 1.82) is 0 Å². The highest BCUT2D eigenvalue weighted by atomic mass is 32.2. The molecule has 9 nitrogen and oxygen atoms in total. The molecule has 0 spiro atoms. The van der Waals surface area contributed by atoms with E-state index < -0.39 is 15.6 Å². The molecule has 1 aromatic carbocycles. The van der Waals surface area contributed by atoms with E-state index in [9.17, 15) is 18.0 Å². The van der Waals surface area contributed by atoms with Crippen molar-refractivity contribution in [2.24, 2.45) is 0 Å². The van der Waals surface area contributed by atoms with Crippen molar-refractivity contribution in [2.45, 2.75) is 88.8 Å². The molecule has 11 heteroatoms. The quantitative estimate of drug-likeness (QED) is 0.347. The molecule has 3 N–H and O–H groups in total. The Morgan fingerprint density at radius 2 is 1.79 bits per heavy atom. The lowest BCUT2D eigenvalue weighted by Gasteiger charge is -2.28. The predicted octanol–water partition coefficient (Wildman–Crippen LogP) is 5.40. The average molecular weight is 573 g/mol. The normalized spacial score (nSPS) is 18.2. The van der Waals surface area contributed by atoms with Gasteiger partial charge in [0.05, 0.1) is 20.9 Å². The number of carbonyl (C=O) groups excluding carboxylic acids is 1. The summed E-state index contributed by atoms with van der Waals surface area (Å²) in [6.45, 7) is 9.05. The Balaban J connectivity index is 1.59. The van der Waals surface area contributed by atoms with E-state index in [1.807, 2.05) is 19.9 Å². The number of benzene rings is 1. The monoisotopic (exact) mass is 572 g/mol. The second kappa shape index (κ2) is 11.6. The summed E-state index contributed by atoms with van der Waals surface area (Å²) in [5.74, 6) is 0.246. The van der Waals surface area contributed by atoms with Gasteiger partial charge in [-0.15, -0.1) is 11.3 Å². The molecule has 1 aliphatic carbocycles. The largest absolute Gasteiger partial charge is 0.447 e. The SMILES string of the molecule is CC(C)OC(=O)NC1CCC(c2ncc(-c3ccc(-c4ccc(=O)[nH]c4)cc3S(=O)(=O)NC(C)(C)C)s2)CC1. The molecule has 1 saturated carbocycles. The number of pyridine rings is 1. The molecule has 1 aliphatic rings. The smallest absolute Gasteiger partial charge is 0.407 e. The van der Waals surface area contributed by atoms with Crippen molar-refractivity contribution < 1.29 is 17.9 Å². The number of thiazole rings is 1. The Kier molecular flexibility index (Phi) is 8.63. The molecular weight excluding hydrogens is 536 g/mol. The number of aromatic amines is 1. The summed E-state index contributed by atoms with van der Waals surface area (Å²) in [5.41, 5.74) is 1.07. The van der Waals surface area contributed by atoms with E-state index in [4.69, 9.17) is 4.74 Å². The van der Waals surface area contributed by atoms with Gasteiger partial charge in [0, 0.05) is 41.5 Å². The molecule has 39 heavy (non-hydrogen) atoms. The molecule has 1 fully saturated rings. The number of hydrogen-bond acceptors (Lipinski definition) is 7. The van der Waals surface area contributed by atoms with Gasteiger partial charge in [-0.2, -0.15) is 0 Å². The molecule has 1 amide bonds. The Hall–Kier alpha value is -3.02. The van der Waals surface area contributed by atoms with E-state index in [2.05, 4.69) is 20.0 Å². The van der Waals surface area contributed by atoms with Crippen LogP contribution >= 0.6 is 11.3 Å². The third-order valence-corrected chi connectivity index (χ3v) is 9.35. The van der Waals surface area contributed by atoms with Crippen LogP contribution in [0.5, 0.6) is 0 Å². The third kappa shape index (κ3) is 7.55. The number of hydrogen-bond donors (Lipinski definition) is 3. The van der Waals surface area contributed by atoms with Crippen LogP contribution in [0.25, 0.3) is 21.6 Å². The summed E-state index contributed by atoms with van der Waals surface area (Å²) in [6, 6.07) is 8.45. The zero-order valence-electron chi connectivity index (χ0n) is 22.9. The van der Waals surface area contributed by atoms with E-state index in [0.29, 0.717) is 16.7 Å². The average Bonchev–Trinajstić information content (AvgIpc) is 3.33. The number of carbonyl (C=O) groups is 1. The fraction of sp³-hybridized carbons (Fsp3) is 0.464.